The predicted octanol–water partition coefficient (Wildman–Crippen LogP) is 3.42. The summed E-state index contributed by atoms with van der Waals surface area (Å²) in [6.07, 6.45) is 5.01. The number of nitrogens with zero attached hydrogens (tertiary/aromatic N) is 1. The minimum atomic E-state index is 1.17. The van der Waals surface area contributed by atoms with E-state index in [4.69, 9.17) is 4.98 Å². The predicted molar refractivity (Wildman–Crippen MR) is 63.1 cm³/mol. The van der Waals surface area contributed by atoms with Gasteiger partial charge < -0.3 is 0 Å². The van der Waals surface area contributed by atoms with Crippen LogP contribution in [0.1, 0.15) is 29.7 Å². The van der Waals surface area contributed by atoms with Crippen molar-refractivity contribution in [3.05, 3.63) is 41.1 Å². The average Bonchev–Trinajstić information content (AvgIpc) is 2.27. The van der Waals surface area contributed by atoms with Crippen LogP contribution < -0.4 is 0 Å². The molecule has 2 aromatic rings. The highest BCUT2D eigenvalue weighted by Crippen LogP contribution is 2.25. The Morgan fingerprint density at radius 1 is 1.13 bits per heavy atom. The van der Waals surface area contributed by atoms with Crippen LogP contribution in [0.15, 0.2) is 24.3 Å². The highest BCUT2D eigenvalue weighted by atomic mass is 14.7. The minimum Gasteiger partial charge on any atom is -0.252 e. The van der Waals surface area contributed by atoms with Crippen molar-refractivity contribution in [1.29, 1.82) is 0 Å². The fourth-order valence-corrected chi connectivity index (χ4v) is 2.47. The van der Waals surface area contributed by atoms with Gasteiger partial charge in [0, 0.05) is 11.1 Å². The molecule has 0 N–H and O–H groups in total. The molecule has 1 aromatic heterocycles. The average molecular weight is 197 g/mol. The van der Waals surface area contributed by atoms with Crippen LogP contribution in [0.25, 0.3) is 10.9 Å². The van der Waals surface area contributed by atoms with Gasteiger partial charge in [0.05, 0.1) is 5.52 Å². The molecular weight excluding hydrogens is 182 g/mol. The maximum absolute atomic E-state index is 4.82. The van der Waals surface area contributed by atoms with Crippen LogP contribution in [0.4, 0.5) is 0 Å². The van der Waals surface area contributed by atoms with E-state index in [9.17, 15) is 0 Å². The van der Waals surface area contributed by atoms with E-state index in [0.29, 0.717) is 0 Å². The molecule has 0 aliphatic heterocycles. The van der Waals surface area contributed by atoms with E-state index < -0.39 is 0 Å². The number of benzene rings is 1. The van der Waals surface area contributed by atoms with E-state index in [1.807, 2.05) is 0 Å². The number of rotatable bonds is 0. The minimum absolute atomic E-state index is 1.17. The molecule has 0 amide bonds. The lowest BCUT2D eigenvalue weighted by molar-refractivity contribution is 0.671. The third kappa shape index (κ3) is 1.43. The molecular formula is C14H15N. The fraction of sp³-hybridized carbons (Fsp3) is 0.357. The van der Waals surface area contributed by atoms with Gasteiger partial charge in [-0.3, -0.25) is 4.98 Å². The van der Waals surface area contributed by atoms with Gasteiger partial charge >= 0.3 is 0 Å². The Morgan fingerprint density at radius 3 is 2.93 bits per heavy atom. The summed E-state index contributed by atoms with van der Waals surface area (Å²) in [5, 5.41) is 1.30. The quantitative estimate of drug-likeness (QED) is 0.630. The van der Waals surface area contributed by atoms with Crippen LogP contribution in [-0.2, 0) is 12.8 Å². The second-order valence-electron chi connectivity index (χ2n) is 4.45. The number of hydrogen-bond donors (Lipinski definition) is 0. The first-order valence-electron chi connectivity index (χ1n) is 5.73. The second kappa shape index (κ2) is 3.34. The SMILES string of the molecule is Cc1cccc2cc3c(nc12)CCCC3. The normalized spacial score (nSPS) is 15.3. The zero-order chi connectivity index (χ0) is 10.3. The summed E-state index contributed by atoms with van der Waals surface area (Å²) in [6, 6.07) is 8.77. The molecule has 0 bridgehead atoms. The molecule has 0 unspecified atom stereocenters. The lowest BCUT2D eigenvalue weighted by atomic mass is 9.94. The molecule has 1 nitrogen and oxygen atoms in total. The number of aromatic nitrogens is 1. The van der Waals surface area contributed by atoms with Gasteiger partial charge in [0.15, 0.2) is 0 Å². The molecule has 1 heteroatoms. The van der Waals surface area contributed by atoms with Crippen LogP contribution in [-0.4, -0.2) is 4.98 Å². The van der Waals surface area contributed by atoms with Crippen molar-refractivity contribution in [2.45, 2.75) is 32.6 Å². The Morgan fingerprint density at radius 2 is 2.00 bits per heavy atom. The first kappa shape index (κ1) is 8.90. The van der Waals surface area contributed by atoms with Gasteiger partial charge in [0.2, 0.25) is 0 Å². The van der Waals surface area contributed by atoms with E-state index in [-0.39, 0.29) is 0 Å². The van der Waals surface area contributed by atoms with Crippen molar-refractivity contribution in [2.24, 2.45) is 0 Å². The van der Waals surface area contributed by atoms with Gasteiger partial charge in [-0.05, 0) is 49.8 Å². The molecule has 1 heterocycles. The monoisotopic (exact) mass is 197 g/mol. The summed E-state index contributed by atoms with van der Waals surface area (Å²) in [6.45, 7) is 2.14. The van der Waals surface area contributed by atoms with Crippen LogP contribution in [0.3, 0.4) is 0 Å². The van der Waals surface area contributed by atoms with Crippen LogP contribution in [0.5, 0.6) is 0 Å². The number of hydrogen-bond acceptors (Lipinski definition) is 1. The molecule has 0 atom stereocenters. The van der Waals surface area contributed by atoms with Crippen molar-refractivity contribution in [1.82, 2.24) is 4.98 Å². The summed E-state index contributed by atoms with van der Waals surface area (Å²) in [5.74, 6) is 0. The van der Waals surface area contributed by atoms with Crippen molar-refractivity contribution in [2.75, 3.05) is 0 Å². The van der Waals surface area contributed by atoms with Crippen LogP contribution >= 0.6 is 0 Å². The molecule has 15 heavy (non-hydrogen) atoms. The number of fused-ring (bicyclic) bond motifs is 2. The molecule has 1 aromatic carbocycles. The summed E-state index contributed by atoms with van der Waals surface area (Å²) in [7, 11) is 0. The van der Waals surface area contributed by atoms with E-state index in [2.05, 4.69) is 31.2 Å². The van der Waals surface area contributed by atoms with Gasteiger partial charge in [-0.2, -0.15) is 0 Å². The zero-order valence-electron chi connectivity index (χ0n) is 9.09. The largest absolute Gasteiger partial charge is 0.252 e. The van der Waals surface area contributed by atoms with E-state index in [0.717, 1.165) is 0 Å². The van der Waals surface area contributed by atoms with Crippen molar-refractivity contribution in [3.8, 4) is 0 Å². The van der Waals surface area contributed by atoms with Gasteiger partial charge in [-0.1, -0.05) is 18.2 Å². The Kier molecular flexibility index (Phi) is 1.98. The topological polar surface area (TPSA) is 12.9 Å². The standard InChI is InChI=1S/C14H15N/c1-10-5-4-7-12-9-11-6-2-3-8-13(11)15-14(10)12/h4-5,7,9H,2-3,6,8H2,1H3. The Bertz CT molecular complexity index is 514. The number of pyridine rings is 1. The first-order chi connectivity index (χ1) is 7.34. The maximum Gasteiger partial charge on any atom is 0.0734 e. The van der Waals surface area contributed by atoms with Crippen molar-refractivity contribution < 1.29 is 0 Å². The Labute approximate surface area is 90.2 Å². The summed E-state index contributed by atoms with van der Waals surface area (Å²) >= 11 is 0. The van der Waals surface area contributed by atoms with Crippen LogP contribution in [0, 0.1) is 6.92 Å². The number of para-hydroxylation sites is 1. The van der Waals surface area contributed by atoms with E-state index >= 15 is 0 Å². The van der Waals surface area contributed by atoms with Gasteiger partial charge in [-0.15, -0.1) is 0 Å². The van der Waals surface area contributed by atoms with Gasteiger partial charge in [-0.25, -0.2) is 0 Å². The second-order valence-corrected chi connectivity index (χ2v) is 4.45. The molecule has 76 valence electrons. The zero-order valence-corrected chi connectivity index (χ0v) is 9.09. The molecule has 1 aliphatic rings. The van der Waals surface area contributed by atoms with Gasteiger partial charge in [0.25, 0.3) is 0 Å². The summed E-state index contributed by atoms with van der Waals surface area (Å²) in [5.41, 5.74) is 5.29. The maximum atomic E-state index is 4.82. The Hall–Kier alpha value is -1.37. The summed E-state index contributed by atoms with van der Waals surface area (Å²) in [4.78, 5) is 4.82. The third-order valence-electron chi connectivity index (χ3n) is 3.33. The van der Waals surface area contributed by atoms with Crippen LogP contribution in [0.2, 0.25) is 0 Å². The smallest absolute Gasteiger partial charge is 0.0734 e. The molecule has 0 saturated heterocycles. The molecule has 0 fully saturated rings. The first-order valence-corrected chi connectivity index (χ1v) is 5.73. The molecule has 0 spiro atoms. The van der Waals surface area contributed by atoms with Gasteiger partial charge in [0.1, 0.15) is 0 Å². The van der Waals surface area contributed by atoms with E-state index in [1.54, 1.807) is 0 Å². The lowest BCUT2D eigenvalue weighted by Crippen LogP contribution is -2.05. The highest BCUT2D eigenvalue weighted by molar-refractivity contribution is 5.82. The molecule has 3 rings (SSSR count). The lowest BCUT2D eigenvalue weighted by Gasteiger charge is -2.15. The van der Waals surface area contributed by atoms with Crippen molar-refractivity contribution >= 4 is 10.9 Å². The highest BCUT2D eigenvalue weighted by Gasteiger charge is 2.11. The molecule has 1 aliphatic carbocycles. The fourth-order valence-electron chi connectivity index (χ4n) is 2.47. The summed E-state index contributed by atoms with van der Waals surface area (Å²) < 4.78 is 0. The Balaban J connectivity index is 2.31. The number of aryl methyl sites for hydroxylation is 3. The molecule has 0 radical (unpaired) electrons. The molecule has 0 saturated carbocycles. The van der Waals surface area contributed by atoms with E-state index in [1.165, 1.54) is 53.4 Å². The van der Waals surface area contributed by atoms with Crippen molar-refractivity contribution in [3.63, 3.8) is 0 Å². The third-order valence-corrected chi connectivity index (χ3v) is 3.33.